The lowest BCUT2D eigenvalue weighted by atomic mass is 9.96. The van der Waals surface area contributed by atoms with Gasteiger partial charge in [-0.2, -0.15) is 5.26 Å². The Labute approximate surface area is 279 Å². The molecule has 1 aliphatic heterocycles. The molecule has 0 saturated heterocycles. The number of hydrogen-bond donors (Lipinski definition) is 3. The number of aliphatic hydroxyl groups excluding tert-OH is 3. The Morgan fingerprint density at radius 3 is 2.53 bits per heavy atom. The van der Waals surface area contributed by atoms with Gasteiger partial charge in [-0.3, -0.25) is 4.98 Å². The van der Waals surface area contributed by atoms with Crippen molar-refractivity contribution in [1.82, 2.24) is 9.88 Å². The molecule has 0 fully saturated rings. The van der Waals surface area contributed by atoms with Crippen LogP contribution in [0, 0.1) is 18.3 Å². The maximum absolute atomic E-state index is 10.1. The van der Waals surface area contributed by atoms with E-state index < -0.39 is 18.8 Å². The number of benzene rings is 3. The van der Waals surface area contributed by atoms with Crippen molar-refractivity contribution in [2.24, 2.45) is 0 Å². The Morgan fingerprint density at radius 1 is 0.957 bits per heavy atom. The quantitative estimate of drug-likeness (QED) is 0.169. The fourth-order valence-corrected chi connectivity index (χ4v) is 5.53. The number of halogens is 1. The first kappa shape index (κ1) is 34.0. The summed E-state index contributed by atoms with van der Waals surface area (Å²) in [4.78, 5) is 6.08. The van der Waals surface area contributed by atoms with E-state index >= 15 is 0 Å². The van der Waals surface area contributed by atoms with Crippen molar-refractivity contribution >= 4 is 11.6 Å². The van der Waals surface area contributed by atoms with Gasteiger partial charge in [-0.25, -0.2) is 0 Å². The van der Waals surface area contributed by atoms with Crippen LogP contribution in [0.5, 0.6) is 23.0 Å². The van der Waals surface area contributed by atoms with Gasteiger partial charge in [-0.1, -0.05) is 35.9 Å². The number of rotatable bonds is 14. The topological polar surface area (TPSA) is 138 Å². The van der Waals surface area contributed by atoms with E-state index in [9.17, 15) is 15.5 Å². The highest BCUT2D eigenvalue weighted by molar-refractivity contribution is 6.32. The molecule has 3 aromatic carbocycles. The summed E-state index contributed by atoms with van der Waals surface area (Å²) in [6.07, 6.45) is 1.16. The summed E-state index contributed by atoms with van der Waals surface area (Å²) in [5, 5.41) is 38.6. The Hall–Kier alpha value is -4.37. The number of nitriles is 1. The Kier molecular flexibility index (Phi) is 11.5. The van der Waals surface area contributed by atoms with Gasteiger partial charge < -0.3 is 39.2 Å². The van der Waals surface area contributed by atoms with Gasteiger partial charge >= 0.3 is 0 Å². The lowest BCUT2D eigenvalue weighted by Gasteiger charge is -2.23. The number of aliphatic hydroxyl groups is 3. The summed E-state index contributed by atoms with van der Waals surface area (Å²) in [6.45, 7) is 3.90. The van der Waals surface area contributed by atoms with Crippen LogP contribution in [0.25, 0.3) is 11.1 Å². The van der Waals surface area contributed by atoms with E-state index in [-0.39, 0.29) is 19.6 Å². The van der Waals surface area contributed by atoms with Crippen molar-refractivity contribution in [3.63, 3.8) is 0 Å². The first-order chi connectivity index (χ1) is 22.7. The van der Waals surface area contributed by atoms with Crippen LogP contribution in [0.2, 0.25) is 5.02 Å². The van der Waals surface area contributed by atoms with E-state index in [0.29, 0.717) is 48.4 Å². The number of nitrogens with zero attached hydrogens (tertiary/aromatic N) is 3. The maximum Gasteiger partial charge on any atom is 0.161 e. The van der Waals surface area contributed by atoms with Gasteiger partial charge in [0.2, 0.25) is 0 Å². The molecule has 0 amide bonds. The van der Waals surface area contributed by atoms with Gasteiger partial charge in [0.25, 0.3) is 0 Å². The summed E-state index contributed by atoms with van der Waals surface area (Å²) >= 11 is 6.76. The van der Waals surface area contributed by atoms with Crippen LogP contribution < -0.4 is 18.9 Å². The van der Waals surface area contributed by atoms with Gasteiger partial charge in [-0.15, -0.1) is 0 Å². The first-order valence-corrected chi connectivity index (χ1v) is 15.7. The molecule has 11 heteroatoms. The van der Waals surface area contributed by atoms with Gasteiger partial charge in [0, 0.05) is 42.7 Å². The van der Waals surface area contributed by atoms with Crippen molar-refractivity contribution < 1.29 is 34.3 Å². The van der Waals surface area contributed by atoms with E-state index in [0.717, 1.165) is 44.9 Å². The van der Waals surface area contributed by atoms with E-state index in [4.69, 9.17) is 35.7 Å². The third-order valence-corrected chi connectivity index (χ3v) is 8.29. The largest absolute Gasteiger partial charge is 0.488 e. The molecule has 0 spiro atoms. The molecule has 2 heterocycles. The molecule has 2 atom stereocenters. The zero-order valence-electron chi connectivity index (χ0n) is 26.4. The summed E-state index contributed by atoms with van der Waals surface area (Å²) in [7, 11) is 1.87. The molecule has 47 heavy (non-hydrogen) atoms. The zero-order chi connectivity index (χ0) is 33.3. The minimum absolute atomic E-state index is 0.165. The molecule has 0 bridgehead atoms. The fraction of sp³-hybridized carbons (Fsp3) is 0.333. The van der Waals surface area contributed by atoms with E-state index in [1.165, 1.54) is 6.20 Å². The van der Waals surface area contributed by atoms with Gasteiger partial charge in [0.15, 0.2) is 11.5 Å². The van der Waals surface area contributed by atoms with Crippen LogP contribution in [0.4, 0.5) is 0 Å². The first-order valence-electron chi connectivity index (χ1n) is 15.3. The smallest absolute Gasteiger partial charge is 0.161 e. The number of ether oxygens (including phenoxy) is 4. The summed E-state index contributed by atoms with van der Waals surface area (Å²) in [5.74, 6) is 2.46. The highest BCUT2D eigenvalue weighted by Gasteiger charge is 2.19. The number of pyridine rings is 1. The van der Waals surface area contributed by atoms with E-state index in [1.807, 2.05) is 42.3 Å². The van der Waals surface area contributed by atoms with Gasteiger partial charge in [-0.05, 0) is 66.9 Å². The predicted octanol–water partition coefficient (Wildman–Crippen LogP) is 5.05. The maximum atomic E-state index is 10.1. The Bertz CT molecular complexity index is 1730. The molecule has 1 aromatic heterocycles. The monoisotopic (exact) mass is 659 g/mol. The molecule has 10 nitrogen and oxygen atoms in total. The molecule has 4 aromatic rings. The molecule has 246 valence electrons. The van der Waals surface area contributed by atoms with Crippen molar-refractivity contribution in [3.8, 4) is 40.2 Å². The van der Waals surface area contributed by atoms with E-state index in [1.54, 1.807) is 24.4 Å². The highest BCUT2D eigenvalue weighted by atomic mass is 35.5. The molecule has 0 saturated carbocycles. The summed E-state index contributed by atoms with van der Waals surface area (Å²) in [5.41, 5.74) is 6.07. The molecule has 1 aliphatic rings. The van der Waals surface area contributed by atoms with Crippen LogP contribution in [-0.4, -0.2) is 70.8 Å². The number of aromatic nitrogens is 1. The van der Waals surface area contributed by atoms with Crippen LogP contribution in [0.15, 0.2) is 67.0 Å². The van der Waals surface area contributed by atoms with Gasteiger partial charge in [0.1, 0.15) is 50.1 Å². The lowest BCUT2D eigenvalue weighted by molar-refractivity contribution is -0.0208. The highest BCUT2D eigenvalue weighted by Crippen LogP contribution is 2.37. The SMILES string of the molecule is Cc1c(COc2cc(OCc3cncc(C#N)c3)c(CN(C)CC[C@H](O)[C@H](O)CO)cc2Cl)cccc1-c1ccc2c(c1)OCCO2. The van der Waals surface area contributed by atoms with Crippen molar-refractivity contribution in [3.05, 3.63) is 99.8 Å². The van der Waals surface area contributed by atoms with Crippen LogP contribution in [-0.2, 0) is 19.8 Å². The van der Waals surface area contributed by atoms with E-state index in [2.05, 4.69) is 24.0 Å². The molecule has 5 rings (SSSR count). The molecular formula is C36H38ClN3O7. The minimum Gasteiger partial charge on any atom is -0.488 e. The molecular weight excluding hydrogens is 622 g/mol. The van der Waals surface area contributed by atoms with Crippen molar-refractivity contribution in [1.29, 1.82) is 5.26 Å². The Balaban J connectivity index is 1.35. The normalized spacial score (nSPS) is 13.6. The standard InChI is InChI=1S/C36H38ClN3O7/c1-23-27(4-3-5-29(23)26-6-7-33-36(14-26)45-11-10-44-33)22-47-35-15-34(46-21-25-12-24(16-38)17-39-18-25)28(13-30(35)37)19-40(2)9-8-31(42)32(43)20-41/h3-7,12-15,17-18,31-32,41-43H,8-11,19-22H2,1-2H3/t31-,32+/m0/s1. The van der Waals surface area contributed by atoms with Crippen molar-refractivity contribution in [2.75, 3.05) is 33.4 Å². The van der Waals surface area contributed by atoms with Crippen molar-refractivity contribution in [2.45, 2.75) is 45.3 Å². The van der Waals surface area contributed by atoms with Crippen LogP contribution in [0.3, 0.4) is 0 Å². The average molecular weight is 660 g/mol. The molecule has 0 radical (unpaired) electrons. The summed E-state index contributed by atoms with van der Waals surface area (Å²) in [6, 6.07) is 19.4. The second-order valence-corrected chi connectivity index (χ2v) is 11.9. The minimum atomic E-state index is -1.20. The zero-order valence-corrected chi connectivity index (χ0v) is 27.1. The third-order valence-electron chi connectivity index (χ3n) is 7.99. The second kappa shape index (κ2) is 16.0. The molecule has 3 N–H and O–H groups in total. The number of hydrogen-bond acceptors (Lipinski definition) is 10. The molecule has 0 aliphatic carbocycles. The fourth-order valence-electron chi connectivity index (χ4n) is 5.29. The second-order valence-electron chi connectivity index (χ2n) is 11.5. The van der Waals surface area contributed by atoms with Crippen LogP contribution >= 0.6 is 11.6 Å². The van der Waals surface area contributed by atoms with Crippen LogP contribution in [0.1, 0.15) is 34.2 Å². The Morgan fingerprint density at radius 2 is 1.74 bits per heavy atom. The number of fused-ring (bicyclic) bond motifs is 1. The third kappa shape index (κ3) is 8.71. The summed E-state index contributed by atoms with van der Waals surface area (Å²) < 4.78 is 24.0. The molecule has 0 unspecified atom stereocenters. The van der Waals surface area contributed by atoms with Gasteiger partial charge in [0.05, 0.1) is 23.3 Å². The predicted molar refractivity (Wildman–Crippen MR) is 177 cm³/mol. The average Bonchev–Trinajstić information content (AvgIpc) is 3.09. The lowest BCUT2D eigenvalue weighted by Crippen LogP contribution is -2.33.